The smallest absolute Gasteiger partial charge is 0.338 e. The van der Waals surface area contributed by atoms with Crippen LogP contribution in [-0.2, 0) is 14.8 Å². The Morgan fingerprint density at radius 2 is 2.05 bits per heavy atom. The molecule has 0 amide bonds. The van der Waals surface area contributed by atoms with Crippen LogP contribution in [0, 0.1) is 6.92 Å². The van der Waals surface area contributed by atoms with Gasteiger partial charge in [0.2, 0.25) is 0 Å². The van der Waals surface area contributed by atoms with E-state index in [9.17, 15) is 13.2 Å². The van der Waals surface area contributed by atoms with Gasteiger partial charge in [-0.2, -0.15) is 12.8 Å². The highest BCUT2D eigenvalue weighted by Crippen LogP contribution is 2.23. The van der Waals surface area contributed by atoms with Crippen LogP contribution in [0.15, 0.2) is 39.1 Å². The number of rotatable bonds is 4. The molecule has 1 aliphatic rings. The van der Waals surface area contributed by atoms with Gasteiger partial charge in [-0.3, -0.25) is 0 Å². The van der Waals surface area contributed by atoms with Crippen molar-refractivity contribution in [3.05, 3.63) is 40.3 Å². The minimum atomic E-state index is -3.92. The van der Waals surface area contributed by atoms with Crippen molar-refractivity contribution in [2.45, 2.75) is 6.92 Å². The number of benzene rings is 1. The minimum Gasteiger partial charge on any atom is -0.488 e. The molecule has 0 saturated heterocycles. The monoisotopic (exact) mass is 281 g/mol. The van der Waals surface area contributed by atoms with Crippen LogP contribution >= 0.6 is 0 Å². The van der Waals surface area contributed by atoms with Crippen molar-refractivity contribution in [2.24, 2.45) is 4.40 Å². The molecule has 1 heterocycles. The summed E-state index contributed by atoms with van der Waals surface area (Å²) in [6, 6.07) is 7.05. The van der Waals surface area contributed by atoms with Crippen molar-refractivity contribution in [3.8, 4) is 5.75 Å². The van der Waals surface area contributed by atoms with Crippen molar-refractivity contribution in [1.82, 2.24) is 0 Å². The highest BCUT2D eigenvalue weighted by atomic mass is 32.2. The van der Waals surface area contributed by atoms with E-state index < -0.39 is 16.0 Å². The van der Waals surface area contributed by atoms with Gasteiger partial charge in [-0.05, 0) is 18.6 Å². The van der Waals surface area contributed by atoms with Crippen molar-refractivity contribution in [2.75, 3.05) is 6.61 Å². The molecule has 0 unspecified atom stereocenters. The Morgan fingerprint density at radius 1 is 1.37 bits per heavy atom. The number of carboxylic acids is 1. The Hall–Kier alpha value is -2.15. The number of hydrogen-bond acceptors (Lipinski definition) is 4. The lowest BCUT2D eigenvalue weighted by Gasteiger charge is -2.09. The zero-order chi connectivity index (χ0) is 14.0. The Bertz CT molecular complexity index is 688. The average molecular weight is 281 g/mol. The van der Waals surface area contributed by atoms with E-state index in [0.717, 1.165) is 11.8 Å². The molecule has 0 aliphatic carbocycles. The molecule has 0 atom stereocenters. The van der Waals surface area contributed by atoms with Crippen molar-refractivity contribution < 1.29 is 23.1 Å². The van der Waals surface area contributed by atoms with Crippen molar-refractivity contribution in [1.29, 1.82) is 0 Å². The topological polar surface area (TPSA) is 93.0 Å². The van der Waals surface area contributed by atoms with Crippen molar-refractivity contribution in [3.63, 3.8) is 0 Å². The SMILES string of the molecule is Cc1ccccc1OCC1=C(C(=O)O)C=NS1(=O)=O. The molecule has 2 rings (SSSR count). The zero-order valence-corrected chi connectivity index (χ0v) is 10.8. The molecule has 0 radical (unpaired) electrons. The van der Waals surface area contributed by atoms with Gasteiger partial charge in [-0.25, -0.2) is 4.79 Å². The lowest BCUT2D eigenvalue weighted by Crippen LogP contribution is -2.13. The van der Waals surface area contributed by atoms with Gasteiger partial charge in [0.05, 0.1) is 11.8 Å². The number of hydrogen-bond donors (Lipinski definition) is 1. The largest absolute Gasteiger partial charge is 0.488 e. The lowest BCUT2D eigenvalue weighted by atomic mass is 10.2. The second kappa shape index (κ2) is 4.85. The highest BCUT2D eigenvalue weighted by Gasteiger charge is 2.30. The van der Waals surface area contributed by atoms with Gasteiger partial charge in [0.1, 0.15) is 17.3 Å². The molecule has 0 spiro atoms. The maximum absolute atomic E-state index is 11.6. The molecule has 1 N–H and O–H groups in total. The van der Waals surface area contributed by atoms with Gasteiger partial charge < -0.3 is 9.84 Å². The first-order valence-corrected chi connectivity index (χ1v) is 6.81. The van der Waals surface area contributed by atoms with Gasteiger partial charge in [0.25, 0.3) is 10.0 Å². The summed E-state index contributed by atoms with van der Waals surface area (Å²) in [5.74, 6) is -0.838. The van der Waals surface area contributed by atoms with Gasteiger partial charge in [-0.15, -0.1) is 0 Å². The Morgan fingerprint density at radius 3 is 2.68 bits per heavy atom. The molecule has 100 valence electrons. The summed E-state index contributed by atoms with van der Waals surface area (Å²) < 4.78 is 31.7. The molecule has 1 aliphatic heterocycles. The van der Waals surface area contributed by atoms with E-state index in [1.54, 1.807) is 12.1 Å². The highest BCUT2D eigenvalue weighted by molar-refractivity contribution is 7.94. The minimum absolute atomic E-state index is 0.330. The van der Waals surface area contributed by atoms with Crippen LogP contribution in [0.1, 0.15) is 5.56 Å². The normalized spacial score (nSPS) is 16.7. The predicted octanol–water partition coefficient (Wildman–Crippen LogP) is 1.13. The zero-order valence-electron chi connectivity index (χ0n) is 10.0. The predicted molar refractivity (Wildman–Crippen MR) is 68.7 cm³/mol. The fourth-order valence-corrected chi connectivity index (χ4v) is 2.58. The van der Waals surface area contributed by atoms with Crippen LogP contribution in [0.5, 0.6) is 5.75 Å². The third-order valence-corrected chi connectivity index (χ3v) is 3.96. The lowest BCUT2D eigenvalue weighted by molar-refractivity contribution is -0.132. The van der Waals surface area contributed by atoms with Gasteiger partial charge >= 0.3 is 5.97 Å². The van der Waals surface area contributed by atoms with Crippen LogP contribution in [0.25, 0.3) is 0 Å². The number of aryl methyl sites for hydroxylation is 1. The van der Waals surface area contributed by atoms with E-state index >= 15 is 0 Å². The summed E-state index contributed by atoms with van der Waals surface area (Å²) in [5.41, 5.74) is 0.477. The number of carboxylic acid groups (broad SMARTS) is 1. The molecule has 0 bridgehead atoms. The molecule has 6 nitrogen and oxygen atoms in total. The number of para-hydroxylation sites is 1. The van der Waals surface area contributed by atoms with E-state index in [1.807, 2.05) is 19.1 Å². The standard InChI is InChI=1S/C12H11NO5S/c1-8-4-2-3-5-10(8)18-7-11-9(12(14)15)6-13-19(11,16)17/h2-6H,7H2,1H3,(H,14,15). The molecule has 1 aromatic carbocycles. The number of carbonyl (C=O) groups is 1. The molecular weight excluding hydrogens is 270 g/mol. The Balaban J connectivity index is 2.26. The molecule has 1 aromatic rings. The average Bonchev–Trinajstić information content (AvgIpc) is 2.64. The van der Waals surface area contributed by atoms with E-state index in [0.29, 0.717) is 5.75 Å². The summed E-state index contributed by atoms with van der Waals surface area (Å²) in [7, 11) is -3.92. The van der Waals surface area contributed by atoms with Crippen LogP contribution in [0.3, 0.4) is 0 Å². The summed E-state index contributed by atoms with van der Waals surface area (Å²) in [6.45, 7) is 1.45. The summed E-state index contributed by atoms with van der Waals surface area (Å²) >= 11 is 0. The van der Waals surface area contributed by atoms with Crippen LogP contribution in [0.4, 0.5) is 0 Å². The van der Waals surface area contributed by atoms with Gasteiger partial charge in [0, 0.05) is 0 Å². The van der Waals surface area contributed by atoms with Crippen LogP contribution < -0.4 is 4.74 Å². The molecular formula is C12H11NO5S. The summed E-state index contributed by atoms with van der Waals surface area (Å²) in [4.78, 5) is 10.6. The van der Waals surface area contributed by atoms with E-state index in [4.69, 9.17) is 9.84 Å². The summed E-state index contributed by atoms with van der Waals surface area (Å²) in [6.07, 6.45) is 0.828. The molecule has 7 heteroatoms. The maximum atomic E-state index is 11.6. The third kappa shape index (κ3) is 2.65. The Kier molecular flexibility index (Phi) is 3.39. The van der Waals surface area contributed by atoms with E-state index in [-0.39, 0.29) is 17.1 Å². The number of ether oxygens (including phenoxy) is 1. The first kappa shape index (κ1) is 13.3. The molecule has 0 aromatic heterocycles. The fraction of sp³-hybridized carbons (Fsp3) is 0.167. The summed E-state index contributed by atoms with van der Waals surface area (Å²) in [5, 5.41) is 8.90. The van der Waals surface area contributed by atoms with Gasteiger partial charge in [0.15, 0.2) is 0 Å². The third-order valence-electron chi connectivity index (χ3n) is 2.62. The fourth-order valence-electron chi connectivity index (χ4n) is 1.59. The molecule has 0 saturated carbocycles. The van der Waals surface area contributed by atoms with Crippen molar-refractivity contribution >= 4 is 22.2 Å². The van der Waals surface area contributed by atoms with E-state index in [2.05, 4.69) is 4.40 Å². The number of nitrogens with zero attached hydrogens (tertiary/aromatic N) is 1. The quantitative estimate of drug-likeness (QED) is 0.892. The first-order valence-electron chi connectivity index (χ1n) is 5.37. The number of aliphatic carboxylic acids is 1. The van der Waals surface area contributed by atoms with E-state index in [1.165, 1.54) is 0 Å². The maximum Gasteiger partial charge on any atom is 0.338 e. The Labute approximate surface area is 110 Å². The van der Waals surface area contributed by atoms with Crippen LogP contribution in [0.2, 0.25) is 0 Å². The molecule has 0 fully saturated rings. The number of sulfonamides is 1. The second-order valence-electron chi connectivity index (χ2n) is 3.91. The second-order valence-corrected chi connectivity index (χ2v) is 5.56. The molecule has 19 heavy (non-hydrogen) atoms. The first-order chi connectivity index (χ1) is 8.92. The van der Waals surface area contributed by atoms with Crippen LogP contribution in [-0.4, -0.2) is 32.3 Å². The van der Waals surface area contributed by atoms with Gasteiger partial charge in [-0.1, -0.05) is 18.2 Å².